The normalized spacial score (nSPS) is 14.5. The monoisotopic (exact) mass is 300 g/mol. The SMILES string of the molecule is CC(CCCN)C(=O)NCCC(CCC(=O)O)C(C)(C)C. The summed E-state index contributed by atoms with van der Waals surface area (Å²) in [5.74, 6) is -0.424. The Morgan fingerprint density at radius 3 is 2.29 bits per heavy atom. The minimum absolute atomic E-state index is 0.0133. The van der Waals surface area contributed by atoms with E-state index in [-0.39, 0.29) is 29.6 Å². The van der Waals surface area contributed by atoms with Crippen LogP contribution in [0.15, 0.2) is 0 Å². The molecule has 0 aliphatic heterocycles. The average Bonchev–Trinajstić information content (AvgIpc) is 2.37. The fourth-order valence-corrected chi connectivity index (χ4v) is 2.41. The van der Waals surface area contributed by atoms with E-state index in [4.69, 9.17) is 10.8 Å². The van der Waals surface area contributed by atoms with Crippen LogP contribution in [0.5, 0.6) is 0 Å². The Labute approximate surface area is 128 Å². The van der Waals surface area contributed by atoms with Gasteiger partial charge in [0.15, 0.2) is 0 Å². The molecule has 0 aromatic heterocycles. The van der Waals surface area contributed by atoms with Crippen LogP contribution in [0.1, 0.15) is 59.8 Å². The van der Waals surface area contributed by atoms with E-state index in [0.29, 0.717) is 19.5 Å². The van der Waals surface area contributed by atoms with Crippen LogP contribution in [0.3, 0.4) is 0 Å². The summed E-state index contributed by atoms with van der Waals surface area (Å²) in [6.45, 7) is 9.48. The Balaban J connectivity index is 4.18. The molecular weight excluding hydrogens is 268 g/mol. The van der Waals surface area contributed by atoms with E-state index in [9.17, 15) is 9.59 Å². The molecule has 0 heterocycles. The zero-order valence-electron chi connectivity index (χ0n) is 13.9. The second-order valence-corrected chi connectivity index (χ2v) is 6.91. The van der Waals surface area contributed by atoms with Gasteiger partial charge in [0.1, 0.15) is 0 Å². The zero-order chi connectivity index (χ0) is 16.5. The molecule has 0 fully saturated rings. The van der Waals surface area contributed by atoms with Crippen molar-refractivity contribution in [2.75, 3.05) is 13.1 Å². The molecule has 0 saturated heterocycles. The average molecular weight is 300 g/mol. The van der Waals surface area contributed by atoms with Gasteiger partial charge in [-0.2, -0.15) is 0 Å². The molecule has 0 saturated carbocycles. The van der Waals surface area contributed by atoms with Gasteiger partial charge in [-0.15, -0.1) is 0 Å². The summed E-state index contributed by atoms with van der Waals surface area (Å²) < 4.78 is 0. The van der Waals surface area contributed by atoms with E-state index in [1.807, 2.05) is 6.92 Å². The van der Waals surface area contributed by atoms with Crippen LogP contribution in [0, 0.1) is 17.3 Å². The molecule has 0 bridgehead atoms. The van der Waals surface area contributed by atoms with Gasteiger partial charge in [0.2, 0.25) is 5.91 Å². The third-order valence-electron chi connectivity index (χ3n) is 4.01. The highest BCUT2D eigenvalue weighted by molar-refractivity contribution is 5.78. The second kappa shape index (κ2) is 9.77. The highest BCUT2D eigenvalue weighted by atomic mass is 16.4. The summed E-state index contributed by atoms with van der Waals surface area (Å²) >= 11 is 0. The summed E-state index contributed by atoms with van der Waals surface area (Å²) in [4.78, 5) is 22.6. The summed E-state index contributed by atoms with van der Waals surface area (Å²) in [6, 6.07) is 0. The lowest BCUT2D eigenvalue weighted by atomic mass is 9.76. The van der Waals surface area contributed by atoms with Crippen LogP contribution in [0.25, 0.3) is 0 Å². The van der Waals surface area contributed by atoms with Crippen molar-refractivity contribution in [3.05, 3.63) is 0 Å². The quantitative estimate of drug-likeness (QED) is 0.577. The Morgan fingerprint density at radius 2 is 1.81 bits per heavy atom. The van der Waals surface area contributed by atoms with Crippen LogP contribution >= 0.6 is 0 Å². The van der Waals surface area contributed by atoms with Gasteiger partial charge in [0.25, 0.3) is 0 Å². The number of carboxylic acids is 1. The van der Waals surface area contributed by atoms with Crippen molar-refractivity contribution in [1.82, 2.24) is 5.32 Å². The predicted octanol–water partition coefficient (Wildman–Crippen LogP) is 2.39. The molecule has 0 aliphatic carbocycles. The van der Waals surface area contributed by atoms with E-state index in [1.54, 1.807) is 0 Å². The van der Waals surface area contributed by atoms with Crippen LogP contribution < -0.4 is 11.1 Å². The number of hydrogen-bond donors (Lipinski definition) is 3. The summed E-state index contributed by atoms with van der Waals surface area (Å²) in [7, 11) is 0. The fraction of sp³-hybridized carbons (Fsp3) is 0.875. The fourth-order valence-electron chi connectivity index (χ4n) is 2.41. The molecular formula is C16H32N2O3. The van der Waals surface area contributed by atoms with E-state index in [0.717, 1.165) is 19.3 Å². The molecule has 0 radical (unpaired) electrons. The smallest absolute Gasteiger partial charge is 0.303 e. The maximum atomic E-state index is 11.9. The molecule has 2 unspecified atom stereocenters. The topological polar surface area (TPSA) is 92.4 Å². The molecule has 5 nitrogen and oxygen atoms in total. The van der Waals surface area contributed by atoms with Crippen molar-refractivity contribution >= 4 is 11.9 Å². The van der Waals surface area contributed by atoms with E-state index in [1.165, 1.54) is 0 Å². The lowest BCUT2D eigenvalue weighted by Crippen LogP contribution is -2.33. The van der Waals surface area contributed by atoms with Gasteiger partial charge in [-0.05, 0) is 43.6 Å². The molecule has 0 rings (SSSR count). The standard InChI is InChI=1S/C16H32N2O3/c1-12(6-5-10-17)15(21)18-11-9-13(16(2,3)4)7-8-14(19)20/h12-13H,5-11,17H2,1-4H3,(H,18,21)(H,19,20). The van der Waals surface area contributed by atoms with Crippen LogP contribution in [-0.2, 0) is 9.59 Å². The van der Waals surface area contributed by atoms with Crippen molar-refractivity contribution in [2.45, 2.75) is 59.8 Å². The first-order valence-corrected chi connectivity index (χ1v) is 7.88. The van der Waals surface area contributed by atoms with Crippen molar-refractivity contribution < 1.29 is 14.7 Å². The van der Waals surface area contributed by atoms with E-state index >= 15 is 0 Å². The van der Waals surface area contributed by atoms with Gasteiger partial charge in [-0.1, -0.05) is 27.7 Å². The number of aliphatic carboxylic acids is 1. The molecule has 21 heavy (non-hydrogen) atoms. The first-order valence-electron chi connectivity index (χ1n) is 7.88. The molecule has 0 aromatic carbocycles. The van der Waals surface area contributed by atoms with Gasteiger partial charge in [0, 0.05) is 18.9 Å². The number of carbonyl (C=O) groups is 2. The Morgan fingerprint density at radius 1 is 1.19 bits per heavy atom. The summed E-state index contributed by atoms with van der Waals surface area (Å²) in [5.41, 5.74) is 5.49. The molecule has 2 atom stereocenters. The first-order chi connectivity index (χ1) is 9.68. The van der Waals surface area contributed by atoms with Crippen LogP contribution in [0.4, 0.5) is 0 Å². The predicted molar refractivity (Wildman–Crippen MR) is 84.9 cm³/mol. The number of hydrogen-bond acceptors (Lipinski definition) is 3. The highest BCUT2D eigenvalue weighted by Gasteiger charge is 2.25. The highest BCUT2D eigenvalue weighted by Crippen LogP contribution is 2.32. The Hall–Kier alpha value is -1.10. The lowest BCUT2D eigenvalue weighted by Gasteiger charge is -2.30. The first kappa shape index (κ1) is 19.9. The number of nitrogens with two attached hydrogens (primary N) is 1. The molecule has 4 N–H and O–H groups in total. The van der Waals surface area contributed by atoms with E-state index < -0.39 is 5.97 Å². The van der Waals surface area contributed by atoms with Crippen molar-refractivity contribution in [3.8, 4) is 0 Å². The maximum Gasteiger partial charge on any atom is 0.303 e. The lowest BCUT2D eigenvalue weighted by molar-refractivity contribution is -0.137. The Bertz CT molecular complexity index is 324. The van der Waals surface area contributed by atoms with Crippen LogP contribution in [0.2, 0.25) is 0 Å². The third-order valence-corrected chi connectivity index (χ3v) is 4.01. The Kier molecular flexibility index (Phi) is 9.26. The van der Waals surface area contributed by atoms with Gasteiger partial charge >= 0.3 is 5.97 Å². The molecule has 0 aromatic rings. The number of nitrogens with one attached hydrogen (secondary N) is 1. The second-order valence-electron chi connectivity index (χ2n) is 6.91. The number of rotatable bonds is 10. The van der Waals surface area contributed by atoms with Crippen molar-refractivity contribution in [1.29, 1.82) is 0 Å². The van der Waals surface area contributed by atoms with Crippen LogP contribution in [-0.4, -0.2) is 30.1 Å². The molecule has 1 amide bonds. The number of carboxylic acid groups (broad SMARTS) is 1. The van der Waals surface area contributed by atoms with Crippen molar-refractivity contribution in [3.63, 3.8) is 0 Å². The maximum absolute atomic E-state index is 11.9. The largest absolute Gasteiger partial charge is 0.481 e. The van der Waals surface area contributed by atoms with Gasteiger partial charge in [-0.25, -0.2) is 0 Å². The molecule has 124 valence electrons. The van der Waals surface area contributed by atoms with Gasteiger partial charge in [0.05, 0.1) is 0 Å². The zero-order valence-corrected chi connectivity index (χ0v) is 13.9. The summed E-state index contributed by atoms with van der Waals surface area (Å²) in [5, 5.41) is 11.8. The molecule has 0 aliphatic rings. The minimum atomic E-state index is -0.760. The van der Waals surface area contributed by atoms with Gasteiger partial charge in [-0.3, -0.25) is 9.59 Å². The number of amides is 1. The van der Waals surface area contributed by atoms with Gasteiger partial charge < -0.3 is 16.2 Å². The van der Waals surface area contributed by atoms with E-state index in [2.05, 4.69) is 26.1 Å². The summed E-state index contributed by atoms with van der Waals surface area (Å²) in [6.07, 6.45) is 3.31. The minimum Gasteiger partial charge on any atom is -0.481 e. The van der Waals surface area contributed by atoms with Crippen molar-refractivity contribution in [2.24, 2.45) is 23.0 Å². The molecule has 5 heteroatoms. The molecule has 0 spiro atoms. The number of carbonyl (C=O) groups excluding carboxylic acids is 1. The third kappa shape index (κ3) is 9.45.